The van der Waals surface area contributed by atoms with Crippen LogP contribution >= 0.6 is 11.6 Å². The van der Waals surface area contributed by atoms with Crippen molar-refractivity contribution in [2.24, 2.45) is 0 Å². The SMILES string of the molecule is CCNc1ccc(Cl)c(CN2CC(OC)C(OC)C2)n1. The van der Waals surface area contributed by atoms with Gasteiger partial charge in [0.2, 0.25) is 0 Å². The first-order valence-corrected chi connectivity index (χ1v) is 7.23. The van der Waals surface area contributed by atoms with Crippen LogP contribution in [0.1, 0.15) is 12.6 Å². The van der Waals surface area contributed by atoms with Crippen LogP contribution in [0, 0.1) is 0 Å². The molecule has 20 heavy (non-hydrogen) atoms. The highest BCUT2D eigenvalue weighted by Gasteiger charge is 2.33. The van der Waals surface area contributed by atoms with Gasteiger partial charge in [-0.1, -0.05) is 11.6 Å². The zero-order chi connectivity index (χ0) is 14.5. The number of rotatable bonds is 6. The van der Waals surface area contributed by atoms with Crippen molar-refractivity contribution in [3.05, 3.63) is 22.8 Å². The van der Waals surface area contributed by atoms with Gasteiger partial charge in [0.05, 0.1) is 22.9 Å². The monoisotopic (exact) mass is 299 g/mol. The Morgan fingerprint density at radius 2 is 1.95 bits per heavy atom. The van der Waals surface area contributed by atoms with Gasteiger partial charge in [-0.15, -0.1) is 0 Å². The minimum absolute atomic E-state index is 0.107. The van der Waals surface area contributed by atoms with E-state index < -0.39 is 0 Å². The smallest absolute Gasteiger partial charge is 0.126 e. The molecule has 6 heteroatoms. The van der Waals surface area contributed by atoms with Crippen LogP contribution in [-0.4, -0.2) is 55.9 Å². The number of hydrogen-bond donors (Lipinski definition) is 1. The van der Waals surface area contributed by atoms with E-state index in [1.807, 2.05) is 19.1 Å². The normalized spacial score (nSPS) is 23.2. The van der Waals surface area contributed by atoms with E-state index in [2.05, 4.69) is 15.2 Å². The van der Waals surface area contributed by atoms with Gasteiger partial charge in [0, 0.05) is 40.4 Å². The van der Waals surface area contributed by atoms with Gasteiger partial charge in [-0.05, 0) is 19.1 Å². The molecule has 1 saturated heterocycles. The number of anilines is 1. The minimum Gasteiger partial charge on any atom is -0.377 e. The first-order chi connectivity index (χ1) is 9.67. The number of aromatic nitrogens is 1. The molecule has 0 radical (unpaired) electrons. The summed E-state index contributed by atoms with van der Waals surface area (Å²) in [5.41, 5.74) is 0.886. The molecule has 0 spiro atoms. The molecule has 0 aromatic carbocycles. The molecule has 1 aromatic heterocycles. The van der Waals surface area contributed by atoms with Crippen LogP contribution in [0.2, 0.25) is 5.02 Å². The summed E-state index contributed by atoms with van der Waals surface area (Å²) < 4.78 is 10.9. The second-order valence-electron chi connectivity index (χ2n) is 4.90. The van der Waals surface area contributed by atoms with Crippen LogP contribution in [-0.2, 0) is 16.0 Å². The lowest BCUT2D eigenvalue weighted by Gasteiger charge is -2.16. The molecule has 0 aliphatic carbocycles. The van der Waals surface area contributed by atoms with E-state index >= 15 is 0 Å². The molecule has 1 aliphatic heterocycles. The summed E-state index contributed by atoms with van der Waals surface area (Å²) in [6.45, 7) is 5.26. The molecule has 112 valence electrons. The second-order valence-corrected chi connectivity index (χ2v) is 5.30. The fourth-order valence-corrected chi connectivity index (χ4v) is 2.65. The first kappa shape index (κ1) is 15.5. The summed E-state index contributed by atoms with van der Waals surface area (Å²) in [7, 11) is 3.44. The van der Waals surface area contributed by atoms with Gasteiger partial charge in [0.25, 0.3) is 0 Å². The second kappa shape index (κ2) is 7.22. The van der Waals surface area contributed by atoms with Gasteiger partial charge in [-0.25, -0.2) is 4.98 Å². The Kier molecular flexibility index (Phi) is 5.60. The summed E-state index contributed by atoms with van der Waals surface area (Å²) in [6.07, 6.45) is 0.214. The molecule has 5 nitrogen and oxygen atoms in total. The molecule has 0 saturated carbocycles. The summed E-state index contributed by atoms with van der Waals surface area (Å²) in [5.74, 6) is 0.859. The lowest BCUT2D eigenvalue weighted by Crippen LogP contribution is -2.27. The molecule has 2 atom stereocenters. The standard InChI is InChI=1S/C14H22ClN3O2/c1-4-16-14-6-5-10(15)11(17-14)7-18-8-12(19-2)13(9-18)20-3/h5-6,12-13H,4,7-9H2,1-3H3,(H,16,17). The van der Waals surface area contributed by atoms with Crippen molar-refractivity contribution in [1.29, 1.82) is 0 Å². The van der Waals surface area contributed by atoms with Crippen LogP contribution in [0.5, 0.6) is 0 Å². The molecule has 2 heterocycles. The molecule has 2 rings (SSSR count). The molecular weight excluding hydrogens is 278 g/mol. The molecule has 0 amide bonds. The van der Waals surface area contributed by atoms with Gasteiger partial charge >= 0.3 is 0 Å². The van der Waals surface area contributed by atoms with Gasteiger partial charge in [0.15, 0.2) is 0 Å². The van der Waals surface area contributed by atoms with Crippen LogP contribution < -0.4 is 5.32 Å². The number of nitrogens with zero attached hydrogens (tertiary/aromatic N) is 2. The average Bonchev–Trinajstić information content (AvgIpc) is 2.85. The van der Waals surface area contributed by atoms with Crippen molar-refractivity contribution in [2.45, 2.75) is 25.7 Å². The Balaban J connectivity index is 2.04. The van der Waals surface area contributed by atoms with Crippen LogP contribution in [0.4, 0.5) is 5.82 Å². The Morgan fingerprint density at radius 1 is 1.30 bits per heavy atom. The number of nitrogens with one attached hydrogen (secondary N) is 1. The third-order valence-electron chi connectivity index (χ3n) is 3.55. The topological polar surface area (TPSA) is 46.6 Å². The summed E-state index contributed by atoms with van der Waals surface area (Å²) in [5, 5.41) is 3.90. The molecule has 1 fully saturated rings. The molecule has 1 aromatic rings. The Labute approximate surface area is 125 Å². The maximum absolute atomic E-state index is 6.24. The van der Waals surface area contributed by atoms with Crippen molar-refractivity contribution in [3.8, 4) is 0 Å². The molecule has 1 aliphatic rings. The fourth-order valence-electron chi connectivity index (χ4n) is 2.49. The number of hydrogen-bond acceptors (Lipinski definition) is 5. The van der Waals surface area contributed by atoms with Gasteiger partial charge in [-0.2, -0.15) is 0 Å². The third kappa shape index (κ3) is 3.61. The Morgan fingerprint density at radius 3 is 2.50 bits per heavy atom. The lowest BCUT2D eigenvalue weighted by molar-refractivity contribution is -0.00461. The quantitative estimate of drug-likeness (QED) is 0.871. The van der Waals surface area contributed by atoms with E-state index in [1.165, 1.54) is 0 Å². The summed E-state index contributed by atoms with van der Waals surface area (Å²) in [4.78, 5) is 6.82. The molecular formula is C14H22ClN3O2. The Hall–Kier alpha value is -0.880. The predicted octanol–water partition coefficient (Wildman–Crippen LogP) is 2.01. The summed E-state index contributed by atoms with van der Waals surface area (Å²) in [6, 6.07) is 3.79. The van der Waals surface area contributed by atoms with Gasteiger partial charge in [0.1, 0.15) is 5.82 Å². The first-order valence-electron chi connectivity index (χ1n) is 6.85. The highest BCUT2D eigenvalue weighted by molar-refractivity contribution is 6.31. The van der Waals surface area contributed by atoms with E-state index in [9.17, 15) is 0 Å². The van der Waals surface area contributed by atoms with Gasteiger partial charge in [-0.3, -0.25) is 4.90 Å². The number of ether oxygens (including phenoxy) is 2. The highest BCUT2D eigenvalue weighted by atomic mass is 35.5. The average molecular weight is 300 g/mol. The van der Waals surface area contributed by atoms with Crippen molar-refractivity contribution in [2.75, 3.05) is 39.2 Å². The number of methoxy groups -OCH3 is 2. The zero-order valence-corrected chi connectivity index (χ0v) is 13.0. The highest BCUT2D eigenvalue weighted by Crippen LogP contribution is 2.22. The largest absolute Gasteiger partial charge is 0.377 e. The number of likely N-dealkylation sites (tertiary alicyclic amines) is 1. The van der Waals surface area contributed by atoms with Crippen LogP contribution in [0.3, 0.4) is 0 Å². The van der Waals surface area contributed by atoms with Crippen molar-refractivity contribution in [1.82, 2.24) is 9.88 Å². The lowest BCUT2D eigenvalue weighted by atomic mass is 10.3. The fraction of sp³-hybridized carbons (Fsp3) is 0.643. The molecule has 0 bridgehead atoms. The van der Waals surface area contributed by atoms with Crippen molar-refractivity contribution < 1.29 is 9.47 Å². The predicted molar refractivity (Wildman–Crippen MR) is 80.3 cm³/mol. The van der Waals surface area contributed by atoms with E-state index in [-0.39, 0.29) is 12.2 Å². The summed E-state index contributed by atoms with van der Waals surface area (Å²) >= 11 is 6.24. The maximum atomic E-state index is 6.24. The van der Waals surface area contributed by atoms with Crippen molar-refractivity contribution >= 4 is 17.4 Å². The van der Waals surface area contributed by atoms with Crippen LogP contribution in [0.25, 0.3) is 0 Å². The number of halogens is 1. The molecule has 2 unspecified atom stereocenters. The van der Waals surface area contributed by atoms with E-state index in [1.54, 1.807) is 14.2 Å². The maximum Gasteiger partial charge on any atom is 0.126 e. The molecule has 1 N–H and O–H groups in total. The van der Waals surface area contributed by atoms with Crippen molar-refractivity contribution in [3.63, 3.8) is 0 Å². The zero-order valence-electron chi connectivity index (χ0n) is 12.2. The minimum atomic E-state index is 0.107. The Bertz CT molecular complexity index is 432. The third-order valence-corrected chi connectivity index (χ3v) is 3.89. The van der Waals surface area contributed by atoms with Crippen LogP contribution in [0.15, 0.2) is 12.1 Å². The van der Waals surface area contributed by atoms with E-state index in [0.717, 1.165) is 31.1 Å². The number of pyridine rings is 1. The van der Waals surface area contributed by atoms with E-state index in [0.29, 0.717) is 11.6 Å². The van der Waals surface area contributed by atoms with Gasteiger partial charge < -0.3 is 14.8 Å². The van der Waals surface area contributed by atoms with E-state index in [4.69, 9.17) is 21.1 Å².